The molecule has 2 nitrogen and oxygen atoms in total. The van der Waals surface area contributed by atoms with Gasteiger partial charge in [0.1, 0.15) is 0 Å². The van der Waals surface area contributed by atoms with Crippen LogP contribution in [-0.4, -0.2) is 48.6 Å². The van der Waals surface area contributed by atoms with Crippen molar-refractivity contribution in [3.8, 4) is 0 Å². The highest BCUT2D eigenvalue weighted by Gasteiger charge is 2.31. The lowest BCUT2D eigenvalue weighted by Crippen LogP contribution is -2.58. The molecule has 1 fully saturated rings. The van der Waals surface area contributed by atoms with Crippen molar-refractivity contribution in [3.63, 3.8) is 0 Å². The van der Waals surface area contributed by atoms with Gasteiger partial charge >= 0.3 is 0 Å². The number of hydrogen-bond donors (Lipinski definition) is 1. The van der Waals surface area contributed by atoms with E-state index in [2.05, 4.69) is 44.2 Å². The summed E-state index contributed by atoms with van der Waals surface area (Å²) in [5, 5.41) is 3.66. The van der Waals surface area contributed by atoms with Crippen molar-refractivity contribution >= 4 is 11.8 Å². The van der Waals surface area contributed by atoms with E-state index in [9.17, 15) is 0 Å². The molecular formula is C13H28N2S. The average molecular weight is 244 g/mol. The van der Waals surface area contributed by atoms with Gasteiger partial charge in [0.25, 0.3) is 0 Å². The molecule has 1 heterocycles. The van der Waals surface area contributed by atoms with Crippen molar-refractivity contribution in [2.24, 2.45) is 5.41 Å². The van der Waals surface area contributed by atoms with Crippen LogP contribution in [-0.2, 0) is 0 Å². The van der Waals surface area contributed by atoms with Crippen LogP contribution in [0.5, 0.6) is 0 Å². The number of nitrogens with zero attached hydrogens (tertiary/aromatic N) is 1. The first kappa shape index (κ1) is 14.3. The zero-order valence-electron chi connectivity index (χ0n) is 11.5. The highest BCUT2D eigenvalue weighted by molar-refractivity contribution is 7.98. The minimum Gasteiger partial charge on any atom is -0.311 e. The Kier molecular flexibility index (Phi) is 5.62. The van der Waals surface area contributed by atoms with E-state index in [-0.39, 0.29) is 0 Å². The van der Waals surface area contributed by atoms with Gasteiger partial charge in [0.2, 0.25) is 0 Å². The van der Waals surface area contributed by atoms with Crippen molar-refractivity contribution in [1.29, 1.82) is 0 Å². The van der Waals surface area contributed by atoms with Crippen LogP contribution in [0.15, 0.2) is 0 Å². The molecule has 0 spiro atoms. The van der Waals surface area contributed by atoms with Gasteiger partial charge in [-0.3, -0.25) is 4.90 Å². The summed E-state index contributed by atoms with van der Waals surface area (Å²) in [5.74, 6) is 1.27. The van der Waals surface area contributed by atoms with E-state index < -0.39 is 0 Å². The molecule has 2 unspecified atom stereocenters. The predicted octanol–water partition coefficient (Wildman–Crippen LogP) is 2.45. The molecule has 0 aromatic heterocycles. The van der Waals surface area contributed by atoms with Crippen molar-refractivity contribution in [2.45, 2.75) is 46.2 Å². The van der Waals surface area contributed by atoms with Crippen LogP contribution >= 0.6 is 11.8 Å². The van der Waals surface area contributed by atoms with Gasteiger partial charge in [-0.15, -0.1) is 0 Å². The summed E-state index contributed by atoms with van der Waals surface area (Å²) >= 11 is 1.97. The van der Waals surface area contributed by atoms with E-state index >= 15 is 0 Å². The molecule has 2 atom stereocenters. The third kappa shape index (κ3) is 3.94. The number of rotatable bonds is 4. The SMILES string of the molecule is CCC(CSC)N1CCNC(C(C)(C)C)C1. The Morgan fingerprint density at radius 2 is 2.12 bits per heavy atom. The molecule has 1 saturated heterocycles. The van der Waals surface area contributed by atoms with Crippen LogP contribution < -0.4 is 5.32 Å². The maximum atomic E-state index is 3.66. The van der Waals surface area contributed by atoms with Gasteiger partial charge in [0, 0.05) is 37.5 Å². The topological polar surface area (TPSA) is 15.3 Å². The van der Waals surface area contributed by atoms with E-state index in [0.29, 0.717) is 11.5 Å². The van der Waals surface area contributed by atoms with Gasteiger partial charge in [-0.1, -0.05) is 27.7 Å². The number of thioether (sulfide) groups is 1. The molecule has 96 valence electrons. The summed E-state index contributed by atoms with van der Waals surface area (Å²) in [6.07, 6.45) is 3.49. The molecule has 16 heavy (non-hydrogen) atoms. The van der Waals surface area contributed by atoms with Gasteiger partial charge < -0.3 is 5.32 Å². The smallest absolute Gasteiger partial charge is 0.0244 e. The molecule has 1 aliphatic rings. The van der Waals surface area contributed by atoms with Gasteiger partial charge in [-0.25, -0.2) is 0 Å². The lowest BCUT2D eigenvalue weighted by Gasteiger charge is -2.43. The summed E-state index contributed by atoms with van der Waals surface area (Å²) in [5.41, 5.74) is 0.371. The fourth-order valence-corrected chi connectivity index (χ4v) is 3.19. The van der Waals surface area contributed by atoms with Crippen LogP contribution in [0.25, 0.3) is 0 Å². The molecule has 1 aliphatic heterocycles. The first-order valence-electron chi connectivity index (χ1n) is 6.45. The molecule has 0 saturated carbocycles. The predicted molar refractivity (Wildman–Crippen MR) is 75.3 cm³/mol. The molecule has 0 amide bonds. The zero-order chi connectivity index (χ0) is 12.2. The Morgan fingerprint density at radius 3 is 2.62 bits per heavy atom. The van der Waals surface area contributed by atoms with Gasteiger partial charge in [-0.05, 0) is 18.1 Å². The maximum absolute atomic E-state index is 3.66. The van der Waals surface area contributed by atoms with Crippen molar-refractivity contribution in [1.82, 2.24) is 10.2 Å². The first-order valence-corrected chi connectivity index (χ1v) is 7.84. The normalized spacial score (nSPS) is 25.7. The molecule has 1 N–H and O–H groups in total. The molecular weight excluding hydrogens is 216 g/mol. The van der Waals surface area contributed by atoms with E-state index in [1.807, 2.05) is 11.8 Å². The third-order valence-electron chi connectivity index (χ3n) is 3.60. The Morgan fingerprint density at radius 1 is 1.44 bits per heavy atom. The zero-order valence-corrected chi connectivity index (χ0v) is 12.4. The monoisotopic (exact) mass is 244 g/mol. The molecule has 0 radical (unpaired) electrons. The fraction of sp³-hybridized carbons (Fsp3) is 1.00. The van der Waals surface area contributed by atoms with Crippen LogP contribution in [0.2, 0.25) is 0 Å². The van der Waals surface area contributed by atoms with Crippen molar-refractivity contribution < 1.29 is 0 Å². The summed E-state index contributed by atoms with van der Waals surface area (Å²) in [6.45, 7) is 12.9. The number of hydrogen-bond acceptors (Lipinski definition) is 3. The summed E-state index contributed by atoms with van der Waals surface area (Å²) < 4.78 is 0. The minimum absolute atomic E-state index is 0.371. The van der Waals surface area contributed by atoms with Crippen LogP contribution in [0.3, 0.4) is 0 Å². The first-order chi connectivity index (χ1) is 7.49. The van der Waals surface area contributed by atoms with Crippen molar-refractivity contribution in [2.75, 3.05) is 31.6 Å². The number of nitrogens with one attached hydrogen (secondary N) is 1. The Balaban J connectivity index is 2.55. The second kappa shape index (κ2) is 6.27. The molecule has 0 bridgehead atoms. The van der Waals surface area contributed by atoms with E-state index in [1.54, 1.807) is 0 Å². The summed E-state index contributed by atoms with van der Waals surface area (Å²) in [7, 11) is 0. The fourth-order valence-electron chi connectivity index (χ4n) is 2.36. The quantitative estimate of drug-likeness (QED) is 0.818. The molecule has 0 aromatic rings. The lowest BCUT2D eigenvalue weighted by atomic mass is 9.85. The molecule has 3 heteroatoms. The lowest BCUT2D eigenvalue weighted by molar-refractivity contribution is 0.104. The van der Waals surface area contributed by atoms with Gasteiger partial charge in [0.15, 0.2) is 0 Å². The second-order valence-corrected chi connectivity index (χ2v) is 6.80. The van der Waals surface area contributed by atoms with Crippen LogP contribution in [0, 0.1) is 5.41 Å². The summed E-state index contributed by atoms with van der Waals surface area (Å²) in [4.78, 5) is 2.68. The highest BCUT2D eigenvalue weighted by atomic mass is 32.2. The third-order valence-corrected chi connectivity index (χ3v) is 4.32. The molecule has 0 aliphatic carbocycles. The maximum Gasteiger partial charge on any atom is 0.0244 e. The van der Waals surface area contributed by atoms with Gasteiger partial charge in [0.05, 0.1) is 0 Å². The van der Waals surface area contributed by atoms with Gasteiger partial charge in [-0.2, -0.15) is 11.8 Å². The van der Waals surface area contributed by atoms with E-state index in [4.69, 9.17) is 0 Å². The molecule has 0 aromatic carbocycles. The number of piperazine rings is 1. The summed E-state index contributed by atoms with van der Waals surface area (Å²) in [6, 6.07) is 1.40. The van der Waals surface area contributed by atoms with Crippen LogP contribution in [0.4, 0.5) is 0 Å². The Bertz CT molecular complexity index is 201. The van der Waals surface area contributed by atoms with E-state index in [1.165, 1.54) is 25.3 Å². The van der Waals surface area contributed by atoms with E-state index in [0.717, 1.165) is 12.6 Å². The standard InChI is InChI=1S/C13H28N2S/c1-6-11(10-16-5)15-8-7-14-12(9-15)13(2,3)4/h11-12,14H,6-10H2,1-5H3. The highest BCUT2D eigenvalue weighted by Crippen LogP contribution is 2.23. The van der Waals surface area contributed by atoms with Crippen LogP contribution in [0.1, 0.15) is 34.1 Å². The second-order valence-electron chi connectivity index (χ2n) is 5.89. The largest absolute Gasteiger partial charge is 0.311 e. The average Bonchev–Trinajstić information content (AvgIpc) is 2.25. The molecule has 1 rings (SSSR count). The Hall–Kier alpha value is 0.270. The Labute approximate surface area is 106 Å². The minimum atomic E-state index is 0.371. The van der Waals surface area contributed by atoms with Crippen molar-refractivity contribution in [3.05, 3.63) is 0 Å².